The van der Waals surface area contributed by atoms with Crippen LogP contribution in [0.2, 0.25) is 5.02 Å². The summed E-state index contributed by atoms with van der Waals surface area (Å²) in [6.45, 7) is 6.64. The van der Waals surface area contributed by atoms with Crippen molar-refractivity contribution in [2.24, 2.45) is 0 Å². The Morgan fingerprint density at radius 1 is 0.971 bits per heavy atom. The smallest absolute Gasteiger partial charge is 0.339 e. The predicted octanol–water partition coefficient (Wildman–Crippen LogP) is 3.83. The van der Waals surface area contributed by atoms with E-state index < -0.39 is 29.4 Å². The van der Waals surface area contributed by atoms with Gasteiger partial charge in [0.2, 0.25) is 0 Å². The highest BCUT2D eigenvalue weighted by atomic mass is 35.5. The zero-order valence-electron chi connectivity index (χ0n) is 20.0. The minimum Gasteiger partial charge on any atom is -0.495 e. The fourth-order valence-corrected chi connectivity index (χ4v) is 2.95. The molecule has 0 heterocycles. The van der Waals surface area contributed by atoms with Crippen LogP contribution in [0, 0.1) is 0 Å². The van der Waals surface area contributed by atoms with E-state index in [4.69, 9.17) is 30.5 Å². The average molecular weight is 493 g/mol. The first-order valence-electron chi connectivity index (χ1n) is 10.4. The molecule has 0 fully saturated rings. The lowest BCUT2D eigenvalue weighted by Gasteiger charge is -2.23. The maximum atomic E-state index is 12.5. The van der Waals surface area contributed by atoms with Crippen LogP contribution in [-0.4, -0.2) is 50.3 Å². The van der Waals surface area contributed by atoms with Gasteiger partial charge in [-0.2, -0.15) is 0 Å². The fraction of sp³-hybridized carbons (Fsp3) is 0.375. The van der Waals surface area contributed by atoms with Crippen LogP contribution in [0.3, 0.4) is 0 Å². The normalized spacial score (nSPS) is 11.7. The summed E-state index contributed by atoms with van der Waals surface area (Å²) < 4.78 is 21.3. The first-order valence-corrected chi connectivity index (χ1v) is 10.8. The van der Waals surface area contributed by atoms with Crippen molar-refractivity contribution >= 4 is 35.1 Å². The molecule has 0 spiro atoms. The summed E-state index contributed by atoms with van der Waals surface area (Å²) in [5, 5.41) is 5.85. The molecule has 0 radical (unpaired) electrons. The van der Waals surface area contributed by atoms with E-state index >= 15 is 0 Å². The van der Waals surface area contributed by atoms with Gasteiger partial charge >= 0.3 is 5.97 Å². The third kappa shape index (κ3) is 7.84. The van der Waals surface area contributed by atoms with Crippen LogP contribution in [0.5, 0.6) is 17.2 Å². The first kappa shape index (κ1) is 26.8. The molecule has 1 atom stereocenters. The Morgan fingerprint density at radius 2 is 1.62 bits per heavy atom. The number of benzene rings is 2. The van der Waals surface area contributed by atoms with Gasteiger partial charge in [-0.1, -0.05) is 11.6 Å². The first-order chi connectivity index (χ1) is 15.9. The number of rotatable bonds is 9. The Morgan fingerprint density at radius 3 is 2.24 bits per heavy atom. The van der Waals surface area contributed by atoms with Crippen molar-refractivity contribution in [1.82, 2.24) is 5.32 Å². The van der Waals surface area contributed by atoms with Gasteiger partial charge in [0.05, 0.1) is 25.5 Å². The van der Waals surface area contributed by atoms with Gasteiger partial charge in [0.15, 0.2) is 24.2 Å². The van der Waals surface area contributed by atoms with E-state index in [9.17, 15) is 14.4 Å². The summed E-state index contributed by atoms with van der Waals surface area (Å²) in [7, 11) is 2.87. The Kier molecular flexibility index (Phi) is 9.14. The molecule has 34 heavy (non-hydrogen) atoms. The Labute approximate surface area is 203 Å². The molecule has 2 rings (SSSR count). The number of nitrogens with one attached hydrogen (secondary N) is 2. The standard InChI is InChI=1S/C24H29ClN2O7/c1-14(22(29)27-24(2,3)4)34-23(30)15-7-9-19(20(11-15)32-6)33-13-21(28)26-17-12-16(25)8-10-18(17)31-5/h7-12,14H,13H2,1-6H3,(H,26,28)(H,27,29). The van der Waals surface area contributed by atoms with Crippen molar-refractivity contribution in [2.75, 3.05) is 26.1 Å². The van der Waals surface area contributed by atoms with E-state index in [1.165, 1.54) is 39.3 Å². The Bertz CT molecular complexity index is 1050. The third-order valence-electron chi connectivity index (χ3n) is 4.34. The van der Waals surface area contributed by atoms with Crippen LogP contribution in [-0.2, 0) is 14.3 Å². The van der Waals surface area contributed by atoms with Crippen molar-refractivity contribution in [1.29, 1.82) is 0 Å². The van der Waals surface area contributed by atoms with Gasteiger partial charge in [0.1, 0.15) is 5.75 Å². The molecule has 0 aliphatic rings. The maximum absolute atomic E-state index is 12.5. The van der Waals surface area contributed by atoms with E-state index in [1.54, 1.807) is 18.2 Å². The van der Waals surface area contributed by atoms with Gasteiger partial charge in [-0.15, -0.1) is 0 Å². The molecule has 0 saturated carbocycles. The Hall–Kier alpha value is -3.46. The molecule has 0 saturated heterocycles. The van der Waals surface area contributed by atoms with E-state index in [-0.39, 0.29) is 23.7 Å². The van der Waals surface area contributed by atoms with E-state index in [0.717, 1.165) is 0 Å². The highest BCUT2D eigenvalue weighted by molar-refractivity contribution is 6.31. The number of methoxy groups -OCH3 is 2. The van der Waals surface area contributed by atoms with Crippen LogP contribution >= 0.6 is 11.6 Å². The van der Waals surface area contributed by atoms with Gasteiger partial charge in [-0.3, -0.25) is 9.59 Å². The minimum atomic E-state index is -0.985. The highest BCUT2D eigenvalue weighted by Crippen LogP contribution is 2.30. The monoisotopic (exact) mass is 492 g/mol. The van der Waals surface area contributed by atoms with E-state index in [0.29, 0.717) is 16.5 Å². The topological polar surface area (TPSA) is 112 Å². The quantitative estimate of drug-likeness (QED) is 0.511. The summed E-state index contributed by atoms with van der Waals surface area (Å²) in [5.41, 5.74) is 0.107. The summed E-state index contributed by atoms with van der Waals surface area (Å²) in [6.07, 6.45) is -0.985. The molecule has 184 valence electrons. The Balaban J connectivity index is 2.02. The summed E-state index contributed by atoms with van der Waals surface area (Å²) in [5.74, 6) is -0.657. The van der Waals surface area contributed by atoms with Gasteiger partial charge in [-0.05, 0) is 64.1 Å². The van der Waals surface area contributed by atoms with Crippen LogP contribution in [0.25, 0.3) is 0 Å². The van der Waals surface area contributed by atoms with Crippen molar-refractivity contribution in [3.05, 3.63) is 47.0 Å². The number of anilines is 1. The second kappa shape index (κ2) is 11.6. The molecule has 9 nitrogen and oxygen atoms in total. The summed E-state index contributed by atoms with van der Waals surface area (Å²) in [6, 6.07) is 9.16. The molecule has 2 aromatic rings. The lowest BCUT2D eigenvalue weighted by atomic mass is 10.1. The number of hydrogen-bond donors (Lipinski definition) is 2. The highest BCUT2D eigenvalue weighted by Gasteiger charge is 2.23. The molecular weight excluding hydrogens is 464 g/mol. The largest absolute Gasteiger partial charge is 0.495 e. The number of halogens is 1. The van der Waals surface area contributed by atoms with Gasteiger partial charge in [-0.25, -0.2) is 4.79 Å². The van der Waals surface area contributed by atoms with Gasteiger partial charge in [0, 0.05) is 10.6 Å². The zero-order chi connectivity index (χ0) is 25.5. The SMILES string of the molecule is COc1ccc(Cl)cc1NC(=O)COc1ccc(C(=O)OC(C)C(=O)NC(C)(C)C)cc1OC. The number of carbonyl (C=O) groups excluding carboxylic acids is 3. The molecule has 0 aliphatic carbocycles. The minimum absolute atomic E-state index is 0.160. The molecule has 2 aromatic carbocycles. The van der Waals surface area contributed by atoms with Crippen molar-refractivity contribution in [2.45, 2.75) is 39.3 Å². The summed E-state index contributed by atoms with van der Waals surface area (Å²) >= 11 is 5.97. The van der Waals surface area contributed by atoms with Crippen LogP contribution in [0.15, 0.2) is 36.4 Å². The third-order valence-corrected chi connectivity index (χ3v) is 4.58. The number of hydrogen-bond acceptors (Lipinski definition) is 7. The van der Waals surface area contributed by atoms with E-state index in [1.807, 2.05) is 20.8 Å². The second-order valence-corrected chi connectivity index (χ2v) is 8.77. The van der Waals surface area contributed by atoms with E-state index in [2.05, 4.69) is 10.6 Å². The molecule has 0 aromatic heterocycles. The molecule has 0 bridgehead atoms. The zero-order valence-corrected chi connectivity index (χ0v) is 20.7. The van der Waals surface area contributed by atoms with Crippen LogP contribution in [0.1, 0.15) is 38.1 Å². The predicted molar refractivity (Wildman–Crippen MR) is 128 cm³/mol. The van der Waals surface area contributed by atoms with Crippen molar-refractivity contribution in [3.63, 3.8) is 0 Å². The number of ether oxygens (including phenoxy) is 4. The average Bonchev–Trinajstić information content (AvgIpc) is 2.76. The lowest BCUT2D eigenvalue weighted by Crippen LogP contribution is -2.46. The van der Waals surface area contributed by atoms with Crippen LogP contribution < -0.4 is 24.8 Å². The van der Waals surface area contributed by atoms with Crippen molar-refractivity contribution in [3.8, 4) is 17.2 Å². The summed E-state index contributed by atoms with van der Waals surface area (Å²) in [4.78, 5) is 37.0. The lowest BCUT2D eigenvalue weighted by molar-refractivity contribution is -0.130. The fourth-order valence-electron chi connectivity index (χ4n) is 2.77. The van der Waals surface area contributed by atoms with Gasteiger partial charge < -0.3 is 29.6 Å². The second-order valence-electron chi connectivity index (χ2n) is 8.33. The van der Waals surface area contributed by atoms with Crippen molar-refractivity contribution < 1.29 is 33.3 Å². The molecule has 0 aliphatic heterocycles. The molecule has 2 amide bonds. The molecule has 10 heteroatoms. The number of amides is 2. The molecular formula is C24H29ClN2O7. The molecule has 2 N–H and O–H groups in total. The number of esters is 1. The van der Waals surface area contributed by atoms with Crippen LogP contribution in [0.4, 0.5) is 5.69 Å². The molecule has 1 unspecified atom stereocenters. The van der Waals surface area contributed by atoms with Gasteiger partial charge in [0.25, 0.3) is 11.8 Å². The maximum Gasteiger partial charge on any atom is 0.339 e. The number of carbonyl (C=O) groups is 3.